The van der Waals surface area contributed by atoms with Crippen LogP contribution in [0.1, 0.15) is 11.1 Å². The maximum absolute atomic E-state index is 5.57. The molecular formula is C12H16N6. The van der Waals surface area contributed by atoms with Crippen LogP contribution in [0.25, 0.3) is 0 Å². The molecule has 0 spiro atoms. The molecule has 1 aromatic carbocycles. The highest BCUT2D eigenvalue weighted by molar-refractivity contribution is 5.50. The molecule has 0 amide bonds. The monoisotopic (exact) mass is 244 g/mol. The molecule has 1 aromatic heterocycles. The van der Waals surface area contributed by atoms with Crippen LogP contribution in [0.3, 0.4) is 0 Å². The van der Waals surface area contributed by atoms with E-state index in [1.165, 1.54) is 11.1 Å². The van der Waals surface area contributed by atoms with Crippen molar-refractivity contribution in [1.29, 1.82) is 0 Å². The first-order valence-electron chi connectivity index (χ1n) is 5.58. The molecule has 0 fully saturated rings. The van der Waals surface area contributed by atoms with Crippen molar-refractivity contribution in [2.45, 2.75) is 13.5 Å². The van der Waals surface area contributed by atoms with E-state index in [2.05, 4.69) is 51.9 Å². The molecule has 0 aliphatic heterocycles. The molecule has 0 atom stereocenters. The summed E-state index contributed by atoms with van der Waals surface area (Å²) in [6.07, 6.45) is 0. The Balaban J connectivity index is 2.05. The smallest absolute Gasteiger partial charge is 0.223 e. The third kappa shape index (κ3) is 3.08. The average molecular weight is 244 g/mol. The van der Waals surface area contributed by atoms with Crippen LogP contribution < -0.4 is 22.3 Å². The summed E-state index contributed by atoms with van der Waals surface area (Å²) in [5.41, 5.74) is 10.4. The van der Waals surface area contributed by atoms with Gasteiger partial charge in [0.25, 0.3) is 0 Å². The first-order valence-corrected chi connectivity index (χ1v) is 5.58. The van der Waals surface area contributed by atoms with Crippen LogP contribution in [-0.2, 0) is 6.54 Å². The van der Waals surface area contributed by atoms with E-state index in [1.54, 1.807) is 6.07 Å². The van der Waals surface area contributed by atoms with Crippen LogP contribution in [0.5, 0.6) is 0 Å². The van der Waals surface area contributed by atoms with Crippen LogP contribution in [-0.4, -0.2) is 9.97 Å². The molecule has 0 radical (unpaired) electrons. The zero-order valence-electron chi connectivity index (χ0n) is 10.1. The molecule has 6 nitrogen and oxygen atoms in total. The Morgan fingerprint density at radius 2 is 1.78 bits per heavy atom. The van der Waals surface area contributed by atoms with E-state index in [1.807, 2.05) is 0 Å². The number of hydrazine groups is 1. The fraction of sp³-hybridized carbons (Fsp3) is 0.167. The standard InChI is InChI=1S/C12H16N6/c1-8-2-4-9(5-3-8)7-15-10-6-11(18-14)17-12(13)16-10/h2-6H,7,14H2,1H3,(H4,13,15,16,17,18). The van der Waals surface area contributed by atoms with E-state index in [9.17, 15) is 0 Å². The fourth-order valence-corrected chi connectivity index (χ4v) is 1.53. The molecule has 2 rings (SSSR count). The largest absolute Gasteiger partial charge is 0.368 e. The summed E-state index contributed by atoms with van der Waals surface area (Å²) in [6.45, 7) is 2.72. The molecule has 6 heteroatoms. The van der Waals surface area contributed by atoms with Crippen LogP contribution in [0, 0.1) is 6.92 Å². The van der Waals surface area contributed by atoms with E-state index in [-0.39, 0.29) is 5.95 Å². The number of hydrogen-bond donors (Lipinski definition) is 4. The first-order chi connectivity index (χ1) is 8.67. The van der Waals surface area contributed by atoms with Crippen molar-refractivity contribution < 1.29 is 0 Å². The minimum atomic E-state index is 0.178. The fourth-order valence-electron chi connectivity index (χ4n) is 1.53. The second-order valence-corrected chi connectivity index (χ2v) is 3.98. The minimum absolute atomic E-state index is 0.178. The van der Waals surface area contributed by atoms with Gasteiger partial charge in [0.1, 0.15) is 11.6 Å². The summed E-state index contributed by atoms with van der Waals surface area (Å²) in [4.78, 5) is 7.98. The average Bonchev–Trinajstić information content (AvgIpc) is 2.37. The highest BCUT2D eigenvalue weighted by Gasteiger charge is 2.01. The Bertz CT molecular complexity index is 523. The number of nitrogens with zero attached hydrogens (tertiary/aromatic N) is 2. The Kier molecular flexibility index (Phi) is 3.59. The molecule has 94 valence electrons. The van der Waals surface area contributed by atoms with Crippen LogP contribution >= 0.6 is 0 Å². The van der Waals surface area contributed by atoms with E-state index in [0.29, 0.717) is 18.2 Å². The van der Waals surface area contributed by atoms with Gasteiger partial charge >= 0.3 is 0 Å². The summed E-state index contributed by atoms with van der Waals surface area (Å²) in [6, 6.07) is 9.96. The van der Waals surface area contributed by atoms with Crippen LogP contribution in [0.4, 0.5) is 17.6 Å². The highest BCUT2D eigenvalue weighted by Crippen LogP contribution is 2.12. The number of hydrogen-bond acceptors (Lipinski definition) is 6. The van der Waals surface area contributed by atoms with Crippen molar-refractivity contribution in [1.82, 2.24) is 9.97 Å². The molecule has 0 unspecified atom stereocenters. The zero-order valence-corrected chi connectivity index (χ0v) is 10.1. The van der Waals surface area contributed by atoms with E-state index in [4.69, 9.17) is 11.6 Å². The lowest BCUT2D eigenvalue weighted by atomic mass is 10.1. The Hall–Kier alpha value is -2.34. The number of benzene rings is 1. The second kappa shape index (κ2) is 5.33. The molecule has 0 saturated carbocycles. The number of nitrogens with one attached hydrogen (secondary N) is 2. The lowest BCUT2D eigenvalue weighted by molar-refractivity contribution is 1.08. The number of anilines is 3. The van der Waals surface area contributed by atoms with Crippen molar-refractivity contribution in [2.75, 3.05) is 16.5 Å². The summed E-state index contributed by atoms with van der Waals surface area (Å²) in [5, 5.41) is 3.17. The maximum Gasteiger partial charge on any atom is 0.223 e. The van der Waals surface area contributed by atoms with E-state index in [0.717, 1.165) is 0 Å². The predicted octanol–water partition coefficient (Wildman–Crippen LogP) is 1.26. The minimum Gasteiger partial charge on any atom is -0.368 e. The van der Waals surface area contributed by atoms with Crippen molar-refractivity contribution in [3.63, 3.8) is 0 Å². The molecule has 0 saturated heterocycles. The van der Waals surface area contributed by atoms with Gasteiger partial charge in [-0.1, -0.05) is 29.8 Å². The quantitative estimate of drug-likeness (QED) is 0.477. The van der Waals surface area contributed by atoms with Gasteiger partial charge in [0.15, 0.2) is 0 Å². The summed E-state index contributed by atoms with van der Waals surface area (Å²) < 4.78 is 0. The third-order valence-corrected chi connectivity index (χ3v) is 2.49. The van der Waals surface area contributed by atoms with Gasteiger partial charge in [-0.2, -0.15) is 9.97 Å². The molecular weight excluding hydrogens is 228 g/mol. The van der Waals surface area contributed by atoms with Gasteiger partial charge in [-0.05, 0) is 12.5 Å². The van der Waals surface area contributed by atoms with Crippen molar-refractivity contribution >= 4 is 17.6 Å². The van der Waals surface area contributed by atoms with Gasteiger partial charge in [-0.15, -0.1) is 0 Å². The molecule has 0 aliphatic carbocycles. The number of aryl methyl sites for hydroxylation is 1. The van der Waals surface area contributed by atoms with Crippen LogP contribution in [0.15, 0.2) is 30.3 Å². The lowest BCUT2D eigenvalue weighted by Gasteiger charge is -2.08. The lowest BCUT2D eigenvalue weighted by Crippen LogP contribution is -2.12. The molecule has 1 heterocycles. The van der Waals surface area contributed by atoms with Gasteiger partial charge < -0.3 is 16.5 Å². The van der Waals surface area contributed by atoms with Crippen LogP contribution in [0.2, 0.25) is 0 Å². The third-order valence-electron chi connectivity index (χ3n) is 2.49. The van der Waals surface area contributed by atoms with E-state index >= 15 is 0 Å². The molecule has 0 bridgehead atoms. The zero-order chi connectivity index (χ0) is 13.0. The summed E-state index contributed by atoms with van der Waals surface area (Å²) in [5.74, 6) is 6.58. The molecule has 6 N–H and O–H groups in total. The highest BCUT2D eigenvalue weighted by atomic mass is 15.3. The predicted molar refractivity (Wildman–Crippen MR) is 72.8 cm³/mol. The second-order valence-electron chi connectivity index (χ2n) is 3.98. The SMILES string of the molecule is Cc1ccc(CNc2cc(NN)nc(N)n2)cc1. The molecule has 0 aliphatic rings. The molecule has 2 aromatic rings. The Labute approximate surface area is 105 Å². The normalized spacial score (nSPS) is 10.1. The van der Waals surface area contributed by atoms with Gasteiger partial charge in [-0.25, -0.2) is 5.84 Å². The van der Waals surface area contributed by atoms with Gasteiger partial charge in [-0.3, -0.25) is 0 Å². The number of rotatable bonds is 4. The Morgan fingerprint density at radius 1 is 1.11 bits per heavy atom. The van der Waals surface area contributed by atoms with E-state index < -0.39 is 0 Å². The number of nitrogen functional groups attached to an aromatic ring is 2. The van der Waals surface area contributed by atoms with Crippen molar-refractivity contribution in [2.24, 2.45) is 5.84 Å². The van der Waals surface area contributed by atoms with Gasteiger partial charge in [0.2, 0.25) is 5.95 Å². The summed E-state index contributed by atoms with van der Waals surface area (Å²) >= 11 is 0. The van der Waals surface area contributed by atoms with Crippen molar-refractivity contribution in [3.05, 3.63) is 41.5 Å². The maximum atomic E-state index is 5.57. The van der Waals surface area contributed by atoms with Crippen molar-refractivity contribution in [3.8, 4) is 0 Å². The molecule has 18 heavy (non-hydrogen) atoms. The Morgan fingerprint density at radius 3 is 2.44 bits per heavy atom. The van der Waals surface area contributed by atoms with Gasteiger partial charge in [0.05, 0.1) is 0 Å². The topological polar surface area (TPSA) is 102 Å². The number of aromatic nitrogens is 2. The summed E-state index contributed by atoms with van der Waals surface area (Å²) in [7, 11) is 0. The number of nitrogens with two attached hydrogens (primary N) is 2. The van der Waals surface area contributed by atoms with Gasteiger partial charge in [0, 0.05) is 12.6 Å². The first kappa shape index (κ1) is 12.1.